The van der Waals surface area contributed by atoms with Crippen LogP contribution in [0.5, 0.6) is 0 Å². The Morgan fingerprint density at radius 3 is 2.42 bits per heavy atom. The van der Waals surface area contributed by atoms with Gasteiger partial charge in [0.05, 0.1) is 4.92 Å². The second kappa shape index (κ2) is 4.68. The topological polar surface area (TPSA) is 80.1 Å². The van der Waals surface area contributed by atoms with Gasteiger partial charge >= 0.3 is 5.69 Å². The highest BCUT2D eigenvalue weighted by molar-refractivity contribution is 5.60. The number of aromatic nitrogens is 1. The van der Waals surface area contributed by atoms with Crippen molar-refractivity contribution in [3.05, 3.63) is 22.2 Å². The summed E-state index contributed by atoms with van der Waals surface area (Å²) in [5, 5.41) is 17.3. The molecule has 6 heteroatoms. The van der Waals surface area contributed by atoms with Crippen molar-refractivity contribution in [2.24, 2.45) is 11.8 Å². The SMILES string of the molecule is CNc1ccc([N+](=O)[O-])c(NC(C2CC2)C2CC2)n1. The number of pyridine rings is 1. The molecule has 0 spiro atoms. The first-order valence-electron chi connectivity index (χ1n) is 6.78. The monoisotopic (exact) mass is 262 g/mol. The maximum absolute atomic E-state index is 11.1. The standard InChI is InChI=1S/C13H18N4O2/c1-14-11-7-6-10(17(18)19)13(15-11)16-12(8-2-3-8)9-4-5-9/h6-9,12H,2-5H2,1H3,(H2,14,15,16). The molecule has 0 atom stereocenters. The molecule has 1 heterocycles. The molecule has 2 N–H and O–H groups in total. The van der Waals surface area contributed by atoms with Crippen molar-refractivity contribution in [1.82, 2.24) is 4.98 Å². The summed E-state index contributed by atoms with van der Waals surface area (Å²) >= 11 is 0. The summed E-state index contributed by atoms with van der Waals surface area (Å²) in [6, 6.07) is 3.50. The predicted octanol–water partition coefficient (Wildman–Crippen LogP) is 2.63. The third-order valence-electron chi connectivity index (χ3n) is 3.89. The number of hydrogen-bond acceptors (Lipinski definition) is 5. The van der Waals surface area contributed by atoms with Gasteiger partial charge in [-0.25, -0.2) is 4.98 Å². The van der Waals surface area contributed by atoms with Crippen molar-refractivity contribution >= 4 is 17.3 Å². The van der Waals surface area contributed by atoms with Crippen molar-refractivity contribution in [2.75, 3.05) is 17.7 Å². The lowest BCUT2D eigenvalue weighted by Gasteiger charge is -2.18. The first-order chi connectivity index (χ1) is 9.19. The van der Waals surface area contributed by atoms with Gasteiger partial charge in [0, 0.05) is 19.2 Å². The Balaban J connectivity index is 1.86. The Bertz CT molecular complexity index is 485. The maximum atomic E-state index is 11.1. The summed E-state index contributed by atoms with van der Waals surface area (Å²) in [6.45, 7) is 0. The lowest BCUT2D eigenvalue weighted by molar-refractivity contribution is -0.384. The Kier molecular flexibility index (Phi) is 3.00. The smallest absolute Gasteiger partial charge is 0.311 e. The fraction of sp³-hybridized carbons (Fsp3) is 0.615. The van der Waals surface area contributed by atoms with Crippen LogP contribution in [-0.4, -0.2) is 23.0 Å². The van der Waals surface area contributed by atoms with E-state index < -0.39 is 0 Å². The van der Waals surface area contributed by atoms with Crippen molar-refractivity contribution in [1.29, 1.82) is 0 Å². The molecule has 2 aliphatic rings. The molecule has 19 heavy (non-hydrogen) atoms. The van der Waals surface area contributed by atoms with Gasteiger partial charge in [0.25, 0.3) is 0 Å². The summed E-state index contributed by atoms with van der Waals surface area (Å²) in [7, 11) is 1.76. The molecule has 0 unspecified atom stereocenters. The van der Waals surface area contributed by atoms with Crippen LogP contribution in [0.1, 0.15) is 25.7 Å². The molecule has 1 aromatic rings. The summed E-state index contributed by atoms with van der Waals surface area (Å²) in [5.74, 6) is 2.40. The number of rotatable bonds is 6. The molecule has 0 amide bonds. The molecule has 102 valence electrons. The van der Waals surface area contributed by atoms with Crippen LogP contribution in [0.3, 0.4) is 0 Å². The Hall–Kier alpha value is -1.85. The van der Waals surface area contributed by atoms with Crippen LogP contribution in [0, 0.1) is 22.0 Å². The molecule has 1 aromatic heterocycles. The van der Waals surface area contributed by atoms with E-state index in [4.69, 9.17) is 0 Å². The van der Waals surface area contributed by atoms with Crippen molar-refractivity contribution < 1.29 is 4.92 Å². The first kappa shape index (κ1) is 12.2. The summed E-state index contributed by atoms with van der Waals surface area (Å²) in [5.41, 5.74) is 0.0605. The summed E-state index contributed by atoms with van der Waals surface area (Å²) < 4.78 is 0. The largest absolute Gasteiger partial charge is 0.373 e. The Morgan fingerprint density at radius 2 is 1.95 bits per heavy atom. The fourth-order valence-corrected chi connectivity index (χ4v) is 2.53. The third-order valence-corrected chi connectivity index (χ3v) is 3.89. The van der Waals surface area contributed by atoms with Gasteiger partial charge < -0.3 is 10.6 Å². The minimum absolute atomic E-state index is 0.0605. The lowest BCUT2D eigenvalue weighted by Crippen LogP contribution is -2.25. The highest BCUT2D eigenvalue weighted by atomic mass is 16.6. The molecular formula is C13H18N4O2. The molecular weight excluding hydrogens is 244 g/mol. The lowest BCUT2D eigenvalue weighted by atomic mass is 10.1. The van der Waals surface area contributed by atoms with Crippen LogP contribution in [0.2, 0.25) is 0 Å². The minimum atomic E-state index is -0.369. The molecule has 2 aliphatic carbocycles. The Labute approximate surface area is 111 Å². The van der Waals surface area contributed by atoms with E-state index in [-0.39, 0.29) is 10.6 Å². The molecule has 0 bridgehead atoms. The van der Waals surface area contributed by atoms with Crippen LogP contribution in [-0.2, 0) is 0 Å². The number of nitrogens with zero attached hydrogens (tertiary/aromatic N) is 2. The van der Waals surface area contributed by atoms with Gasteiger partial charge in [0.2, 0.25) is 5.82 Å². The highest BCUT2D eigenvalue weighted by Crippen LogP contribution is 2.46. The van der Waals surface area contributed by atoms with E-state index in [1.54, 1.807) is 13.1 Å². The normalized spacial score (nSPS) is 18.4. The van der Waals surface area contributed by atoms with Crippen molar-refractivity contribution in [3.63, 3.8) is 0 Å². The average molecular weight is 262 g/mol. The molecule has 0 saturated heterocycles. The summed E-state index contributed by atoms with van der Waals surface area (Å²) in [6.07, 6.45) is 4.92. The average Bonchev–Trinajstić information content (AvgIpc) is 3.28. The zero-order chi connectivity index (χ0) is 13.4. The second-order valence-corrected chi connectivity index (χ2v) is 5.42. The van der Waals surface area contributed by atoms with E-state index in [1.165, 1.54) is 31.7 Å². The van der Waals surface area contributed by atoms with E-state index in [1.807, 2.05) is 0 Å². The van der Waals surface area contributed by atoms with Gasteiger partial charge in [0.15, 0.2) is 0 Å². The van der Waals surface area contributed by atoms with E-state index in [9.17, 15) is 10.1 Å². The number of hydrogen-bond donors (Lipinski definition) is 2. The Morgan fingerprint density at radius 1 is 1.32 bits per heavy atom. The van der Waals surface area contributed by atoms with Crippen molar-refractivity contribution in [2.45, 2.75) is 31.7 Å². The van der Waals surface area contributed by atoms with E-state index >= 15 is 0 Å². The van der Waals surface area contributed by atoms with E-state index in [0.29, 0.717) is 29.5 Å². The van der Waals surface area contributed by atoms with Crippen molar-refractivity contribution in [3.8, 4) is 0 Å². The van der Waals surface area contributed by atoms with Gasteiger partial charge in [-0.15, -0.1) is 0 Å². The van der Waals surface area contributed by atoms with Crippen LogP contribution in [0.15, 0.2) is 12.1 Å². The van der Waals surface area contributed by atoms with Crippen LogP contribution in [0.25, 0.3) is 0 Å². The minimum Gasteiger partial charge on any atom is -0.373 e. The predicted molar refractivity (Wildman–Crippen MR) is 73.3 cm³/mol. The molecule has 6 nitrogen and oxygen atoms in total. The number of nitro groups is 1. The second-order valence-electron chi connectivity index (χ2n) is 5.42. The summed E-state index contributed by atoms with van der Waals surface area (Å²) in [4.78, 5) is 15.0. The number of anilines is 2. The molecule has 0 radical (unpaired) electrons. The van der Waals surface area contributed by atoms with Crippen LogP contribution in [0.4, 0.5) is 17.3 Å². The highest BCUT2D eigenvalue weighted by Gasteiger charge is 2.42. The first-order valence-corrected chi connectivity index (χ1v) is 6.78. The van der Waals surface area contributed by atoms with E-state index in [2.05, 4.69) is 15.6 Å². The maximum Gasteiger partial charge on any atom is 0.311 e. The van der Waals surface area contributed by atoms with Crippen LogP contribution < -0.4 is 10.6 Å². The van der Waals surface area contributed by atoms with E-state index in [0.717, 1.165) is 0 Å². The molecule has 0 aromatic carbocycles. The number of nitrogens with one attached hydrogen (secondary N) is 2. The molecule has 0 aliphatic heterocycles. The van der Waals surface area contributed by atoms with Gasteiger partial charge in [-0.3, -0.25) is 10.1 Å². The van der Waals surface area contributed by atoms with Gasteiger partial charge in [0.1, 0.15) is 5.82 Å². The zero-order valence-corrected chi connectivity index (χ0v) is 10.9. The molecule has 3 rings (SSSR count). The van der Waals surface area contributed by atoms with Gasteiger partial charge in [-0.05, 0) is 43.6 Å². The molecule has 2 fully saturated rings. The van der Waals surface area contributed by atoms with Gasteiger partial charge in [-0.1, -0.05) is 0 Å². The van der Waals surface area contributed by atoms with Gasteiger partial charge in [-0.2, -0.15) is 0 Å². The fourth-order valence-electron chi connectivity index (χ4n) is 2.53. The van der Waals surface area contributed by atoms with Crippen LogP contribution >= 0.6 is 0 Å². The zero-order valence-electron chi connectivity index (χ0n) is 10.9. The molecule has 2 saturated carbocycles. The quantitative estimate of drug-likeness (QED) is 0.608. The third kappa shape index (κ3) is 2.62.